The number of aliphatic hydroxyl groups excluding tert-OH is 1. The van der Waals surface area contributed by atoms with Crippen molar-refractivity contribution in [3.05, 3.63) is 22.1 Å². The second-order valence-corrected chi connectivity index (χ2v) is 5.35. The molecular weight excluding hydrogens is 286 g/mol. The highest BCUT2D eigenvalue weighted by atomic mass is 32.2. The van der Waals surface area contributed by atoms with Crippen molar-refractivity contribution in [2.45, 2.75) is 30.8 Å². The highest BCUT2D eigenvalue weighted by molar-refractivity contribution is 7.99. The molecule has 0 radical (unpaired) electrons. The molecule has 1 aliphatic rings. The number of aliphatic hydroxyl groups is 1. The molecule has 3 N–H and O–H groups in total. The lowest BCUT2D eigenvalue weighted by atomic mass is 10.1. The Kier molecular flexibility index (Phi) is 4.09. The first kappa shape index (κ1) is 14.5. The van der Waals surface area contributed by atoms with Gasteiger partial charge in [0.1, 0.15) is 5.56 Å². The largest absolute Gasteiger partial charge is 0.480 e. The van der Waals surface area contributed by atoms with Gasteiger partial charge < -0.3 is 15.5 Å². The van der Waals surface area contributed by atoms with Crippen molar-refractivity contribution in [3.63, 3.8) is 0 Å². The van der Waals surface area contributed by atoms with Gasteiger partial charge in [0.15, 0.2) is 11.2 Å². The van der Waals surface area contributed by atoms with Crippen molar-refractivity contribution in [1.29, 1.82) is 0 Å². The Hall–Kier alpha value is -1.87. The number of nitrogens with zero attached hydrogens (tertiary/aromatic N) is 2. The van der Waals surface area contributed by atoms with Gasteiger partial charge in [0.2, 0.25) is 0 Å². The Bertz CT molecular complexity index is 613. The summed E-state index contributed by atoms with van der Waals surface area (Å²) in [7, 11) is 0. The SMILES string of the molecule is CC(O)C(NC(=O)c1cnc2n(c1=O)CCS2)C(=O)O. The van der Waals surface area contributed by atoms with E-state index in [1.165, 1.54) is 23.3 Å². The van der Waals surface area contributed by atoms with E-state index in [1.807, 2.05) is 0 Å². The number of fused-ring (bicyclic) bond motifs is 1. The topological polar surface area (TPSA) is 122 Å². The standard InChI is InChI=1S/C11H13N3O5S/c1-5(15)7(10(18)19)13-8(16)6-4-12-11-14(9(6)17)2-3-20-11/h4-5,7,15H,2-3H2,1H3,(H,13,16)(H,18,19). The van der Waals surface area contributed by atoms with Crippen molar-refractivity contribution in [2.24, 2.45) is 0 Å². The summed E-state index contributed by atoms with van der Waals surface area (Å²) >= 11 is 1.41. The molecule has 108 valence electrons. The first-order chi connectivity index (χ1) is 9.41. The lowest BCUT2D eigenvalue weighted by Gasteiger charge is -2.16. The van der Waals surface area contributed by atoms with Gasteiger partial charge >= 0.3 is 5.97 Å². The fraction of sp³-hybridized carbons (Fsp3) is 0.455. The zero-order chi connectivity index (χ0) is 14.9. The molecule has 0 spiro atoms. The Morgan fingerprint density at radius 1 is 1.55 bits per heavy atom. The third-order valence-electron chi connectivity index (χ3n) is 2.84. The first-order valence-corrected chi connectivity index (χ1v) is 6.84. The van der Waals surface area contributed by atoms with Gasteiger partial charge in [-0.2, -0.15) is 0 Å². The van der Waals surface area contributed by atoms with E-state index in [9.17, 15) is 19.5 Å². The van der Waals surface area contributed by atoms with E-state index in [0.29, 0.717) is 17.5 Å². The van der Waals surface area contributed by atoms with E-state index in [4.69, 9.17) is 5.11 Å². The third-order valence-corrected chi connectivity index (χ3v) is 3.81. The van der Waals surface area contributed by atoms with Crippen LogP contribution in [0, 0.1) is 0 Å². The van der Waals surface area contributed by atoms with Crippen LogP contribution in [0.15, 0.2) is 16.1 Å². The Morgan fingerprint density at radius 3 is 2.85 bits per heavy atom. The first-order valence-electron chi connectivity index (χ1n) is 5.86. The minimum atomic E-state index is -1.48. The molecule has 2 unspecified atom stereocenters. The van der Waals surface area contributed by atoms with Crippen LogP contribution in [0.4, 0.5) is 0 Å². The number of carboxylic acid groups (broad SMARTS) is 1. The molecule has 9 heteroatoms. The number of carbonyl (C=O) groups is 2. The van der Waals surface area contributed by atoms with Crippen molar-refractivity contribution in [1.82, 2.24) is 14.9 Å². The number of aliphatic carboxylic acids is 1. The van der Waals surface area contributed by atoms with Crippen LogP contribution in [-0.4, -0.2) is 49.5 Å². The van der Waals surface area contributed by atoms with Crippen LogP contribution in [0.1, 0.15) is 17.3 Å². The summed E-state index contributed by atoms with van der Waals surface area (Å²) < 4.78 is 1.37. The molecule has 1 aliphatic heterocycles. The van der Waals surface area contributed by atoms with Crippen LogP contribution in [0.5, 0.6) is 0 Å². The Morgan fingerprint density at radius 2 is 2.25 bits per heavy atom. The number of hydrogen-bond acceptors (Lipinski definition) is 6. The summed E-state index contributed by atoms with van der Waals surface area (Å²) in [5, 5.41) is 20.8. The zero-order valence-corrected chi connectivity index (χ0v) is 11.4. The van der Waals surface area contributed by atoms with E-state index in [2.05, 4.69) is 10.3 Å². The average molecular weight is 299 g/mol. The molecule has 8 nitrogen and oxygen atoms in total. The predicted molar refractivity (Wildman–Crippen MR) is 69.8 cm³/mol. The van der Waals surface area contributed by atoms with Gasteiger partial charge in [-0.1, -0.05) is 11.8 Å². The number of nitrogens with one attached hydrogen (secondary N) is 1. The third kappa shape index (κ3) is 2.68. The Balaban J connectivity index is 2.26. The number of rotatable bonds is 4. The van der Waals surface area contributed by atoms with E-state index in [0.717, 1.165) is 6.20 Å². The van der Waals surface area contributed by atoms with Gasteiger partial charge in [0.25, 0.3) is 11.5 Å². The van der Waals surface area contributed by atoms with Crippen molar-refractivity contribution >= 4 is 23.6 Å². The van der Waals surface area contributed by atoms with Crippen LogP contribution in [0.3, 0.4) is 0 Å². The van der Waals surface area contributed by atoms with E-state index < -0.39 is 29.6 Å². The second kappa shape index (κ2) is 5.63. The predicted octanol–water partition coefficient (Wildman–Crippen LogP) is -1.09. The van der Waals surface area contributed by atoms with Crippen LogP contribution in [0.25, 0.3) is 0 Å². The summed E-state index contributed by atoms with van der Waals surface area (Å²) in [6, 6.07) is -1.48. The summed E-state index contributed by atoms with van der Waals surface area (Å²) in [6.07, 6.45) is -0.153. The number of carboxylic acids is 1. The van der Waals surface area contributed by atoms with Crippen LogP contribution in [0.2, 0.25) is 0 Å². The molecule has 20 heavy (non-hydrogen) atoms. The van der Waals surface area contributed by atoms with Gasteiger partial charge in [0, 0.05) is 18.5 Å². The molecular formula is C11H13N3O5S. The molecule has 1 aromatic heterocycles. The quantitative estimate of drug-likeness (QED) is 0.604. The summed E-state index contributed by atoms with van der Waals surface area (Å²) in [5.41, 5.74) is -0.740. The fourth-order valence-corrected chi connectivity index (χ4v) is 2.69. The van der Waals surface area contributed by atoms with Crippen molar-refractivity contribution in [2.75, 3.05) is 5.75 Å². The van der Waals surface area contributed by atoms with Gasteiger partial charge in [-0.3, -0.25) is 14.2 Å². The molecule has 0 saturated heterocycles. The molecule has 1 aromatic rings. The summed E-state index contributed by atoms with van der Waals surface area (Å²) in [4.78, 5) is 38.9. The van der Waals surface area contributed by atoms with E-state index >= 15 is 0 Å². The minimum Gasteiger partial charge on any atom is -0.480 e. The number of carbonyl (C=O) groups excluding carboxylic acids is 1. The monoisotopic (exact) mass is 299 g/mol. The molecule has 0 fully saturated rings. The smallest absolute Gasteiger partial charge is 0.328 e. The molecule has 0 saturated carbocycles. The van der Waals surface area contributed by atoms with Gasteiger partial charge in [0.05, 0.1) is 6.10 Å². The maximum atomic E-state index is 12.1. The fourth-order valence-electron chi connectivity index (χ4n) is 1.78. The van der Waals surface area contributed by atoms with E-state index in [1.54, 1.807) is 0 Å². The number of thioether (sulfide) groups is 1. The van der Waals surface area contributed by atoms with Gasteiger partial charge in [-0.15, -0.1) is 0 Å². The zero-order valence-electron chi connectivity index (χ0n) is 10.6. The molecule has 2 atom stereocenters. The highest BCUT2D eigenvalue weighted by Crippen LogP contribution is 2.20. The van der Waals surface area contributed by atoms with Crippen molar-refractivity contribution in [3.8, 4) is 0 Å². The maximum Gasteiger partial charge on any atom is 0.328 e. The number of amides is 1. The molecule has 0 bridgehead atoms. The van der Waals surface area contributed by atoms with Gasteiger partial charge in [-0.25, -0.2) is 9.78 Å². The van der Waals surface area contributed by atoms with E-state index in [-0.39, 0.29) is 5.56 Å². The van der Waals surface area contributed by atoms with Crippen LogP contribution >= 0.6 is 11.8 Å². The van der Waals surface area contributed by atoms with Gasteiger partial charge in [-0.05, 0) is 6.92 Å². The van der Waals surface area contributed by atoms with Crippen LogP contribution in [-0.2, 0) is 11.3 Å². The summed E-state index contributed by atoms with van der Waals surface area (Å²) in [6.45, 7) is 1.70. The van der Waals surface area contributed by atoms with Crippen molar-refractivity contribution < 1.29 is 19.8 Å². The molecule has 0 aliphatic carbocycles. The molecule has 2 heterocycles. The normalized spacial score (nSPS) is 16.3. The summed E-state index contributed by atoms with van der Waals surface area (Å²) in [5.74, 6) is -1.53. The molecule has 1 amide bonds. The lowest BCUT2D eigenvalue weighted by Crippen LogP contribution is -2.49. The number of aromatic nitrogens is 2. The average Bonchev–Trinajstić information content (AvgIpc) is 2.84. The van der Waals surface area contributed by atoms with Crippen LogP contribution < -0.4 is 10.9 Å². The second-order valence-electron chi connectivity index (χ2n) is 4.29. The highest BCUT2D eigenvalue weighted by Gasteiger charge is 2.27. The lowest BCUT2D eigenvalue weighted by molar-refractivity contribution is -0.141. The molecule has 0 aromatic carbocycles. The molecule has 2 rings (SSSR count). The minimum absolute atomic E-state index is 0.233. The number of hydrogen-bond donors (Lipinski definition) is 3. The maximum absolute atomic E-state index is 12.1. The Labute approximate surface area is 117 Å².